The smallest absolute Gasteiger partial charge is 0.242 e. The Morgan fingerprint density at radius 2 is 1.91 bits per heavy atom. The fraction of sp³-hybridized carbons (Fsp3) is 0.889. The van der Waals surface area contributed by atoms with Gasteiger partial charge in [0.15, 0.2) is 0 Å². The predicted molar refractivity (Wildman–Crippen MR) is 89.9 cm³/mol. The first kappa shape index (κ1) is 16.7. The van der Waals surface area contributed by atoms with Gasteiger partial charge in [-0.2, -0.15) is 0 Å². The molecule has 3 rings (SSSR count). The Labute approximate surface area is 139 Å². The normalized spacial score (nSPS) is 31.1. The summed E-state index contributed by atoms with van der Waals surface area (Å²) in [6.45, 7) is 5.47. The Kier molecular flexibility index (Phi) is 5.57. The van der Waals surface area contributed by atoms with E-state index in [0.29, 0.717) is 12.3 Å². The van der Waals surface area contributed by atoms with Crippen LogP contribution in [0.2, 0.25) is 0 Å². The highest BCUT2D eigenvalue weighted by Gasteiger charge is 2.31. The quantitative estimate of drug-likeness (QED) is 0.828. The first-order valence-electron chi connectivity index (χ1n) is 9.42. The van der Waals surface area contributed by atoms with Gasteiger partial charge in [0.25, 0.3) is 0 Å². The molecule has 3 fully saturated rings. The molecule has 0 aromatic carbocycles. The molecule has 2 heterocycles. The van der Waals surface area contributed by atoms with Gasteiger partial charge in [-0.1, -0.05) is 19.8 Å². The third kappa shape index (κ3) is 4.69. The van der Waals surface area contributed by atoms with Crippen LogP contribution in [-0.4, -0.2) is 48.4 Å². The summed E-state index contributed by atoms with van der Waals surface area (Å²) in [4.78, 5) is 26.5. The second kappa shape index (κ2) is 7.65. The van der Waals surface area contributed by atoms with E-state index in [0.717, 1.165) is 38.3 Å². The van der Waals surface area contributed by atoms with E-state index in [1.165, 1.54) is 32.2 Å². The van der Waals surface area contributed by atoms with Crippen molar-refractivity contribution in [2.75, 3.05) is 19.6 Å². The van der Waals surface area contributed by atoms with E-state index in [-0.39, 0.29) is 23.9 Å². The van der Waals surface area contributed by atoms with Crippen molar-refractivity contribution in [3.63, 3.8) is 0 Å². The van der Waals surface area contributed by atoms with Crippen LogP contribution < -0.4 is 10.6 Å². The minimum Gasteiger partial charge on any atom is -0.351 e. The van der Waals surface area contributed by atoms with Gasteiger partial charge in [-0.05, 0) is 43.9 Å². The van der Waals surface area contributed by atoms with Crippen LogP contribution in [0, 0.1) is 11.8 Å². The van der Waals surface area contributed by atoms with Crippen molar-refractivity contribution in [3.8, 4) is 0 Å². The molecule has 5 nitrogen and oxygen atoms in total. The van der Waals surface area contributed by atoms with Crippen LogP contribution in [0.3, 0.4) is 0 Å². The van der Waals surface area contributed by atoms with E-state index < -0.39 is 0 Å². The molecule has 1 aliphatic carbocycles. The van der Waals surface area contributed by atoms with Gasteiger partial charge in [-0.3, -0.25) is 9.59 Å². The van der Waals surface area contributed by atoms with Crippen LogP contribution in [0.4, 0.5) is 0 Å². The summed E-state index contributed by atoms with van der Waals surface area (Å²) in [5, 5.41) is 6.00. The molecule has 2 saturated heterocycles. The van der Waals surface area contributed by atoms with Crippen molar-refractivity contribution in [1.29, 1.82) is 0 Å². The van der Waals surface area contributed by atoms with Gasteiger partial charge in [0.1, 0.15) is 6.04 Å². The molecule has 0 spiro atoms. The second-order valence-corrected chi connectivity index (χ2v) is 7.90. The highest BCUT2D eigenvalue weighted by atomic mass is 16.2. The maximum absolute atomic E-state index is 12.4. The van der Waals surface area contributed by atoms with Crippen LogP contribution in [0.15, 0.2) is 0 Å². The summed E-state index contributed by atoms with van der Waals surface area (Å²) in [5.41, 5.74) is 0. The fourth-order valence-electron chi connectivity index (χ4n) is 4.41. The molecule has 3 aliphatic rings. The number of hydrogen-bond donors (Lipinski definition) is 2. The Morgan fingerprint density at radius 1 is 1.22 bits per heavy atom. The third-order valence-corrected chi connectivity index (χ3v) is 5.75. The van der Waals surface area contributed by atoms with Crippen molar-refractivity contribution >= 4 is 11.8 Å². The summed E-state index contributed by atoms with van der Waals surface area (Å²) in [5.74, 6) is 1.22. The topological polar surface area (TPSA) is 61.4 Å². The molecular formula is C18H31N3O2. The van der Waals surface area contributed by atoms with Crippen LogP contribution in [-0.2, 0) is 9.59 Å². The molecule has 5 heteroatoms. The molecule has 0 bridgehead atoms. The van der Waals surface area contributed by atoms with E-state index in [1.807, 2.05) is 6.92 Å². The van der Waals surface area contributed by atoms with Gasteiger partial charge in [-0.15, -0.1) is 0 Å². The van der Waals surface area contributed by atoms with Gasteiger partial charge in [0.05, 0.1) is 0 Å². The molecule has 0 aromatic rings. The lowest BCUT2D eigenvalue weighted by molar-refractivity contribution is -0.132. The lowest BCUT2D eigenvalue weighted by Gasteiger charge is -2.35. The second-order valence-electron chi connectivity index (χ2n) is 7.90. The lowest BCUT2D eigenvalue weighted by Crippen LogP contribution is -2.54. The first-order chi connectivity index (χ1) is 11.1. The number of nitrogens with zero attached hydrogens (tertiary/aromatic N) is 1. The zero-order valence-corrected chi connectivity index (χ0v) is 14.4. The maximum Gasteiger partial charge on any atom is 0.242 e. The van der Waals surface area contributed by atoms with Crippen LogP contribution in [0.25, 0.3) is 0 Å². The van der Waals surface area contributed by atoms with Crippen LogP contribution >= 0.6 is 0 Å². The highest BCUT2D eigenvalue weighted by molar-refractivity contribution is 5.89. The van der Waals surface area contributed by atoms with Gasteiger partial charge in [0, 0.05) is 32.1 Å². The molecule has 0 radical (unpaired) electrons. The molecule has 1 saturated carbocycles. The molecule has 2 N–H and O–H groups in total. The summed E-state index contributed by atoms with van der Waals surface area (Å²) in [6, 6.07) is -0.0563. The van der Waals surface area contributed by atoms with Crippen LogP contribution in [0.1, 0.15) is 58.3 Å². The van der Waals surface area contributed by atoms with Crippen molar-refractivity contribution in [2.45, 2.75) is 70.4 Å². The van der Waals surface area contributed by atoms with Crippen molar-refractivity contribution in [1.82, 2.24) is 15.5 Å². The van der Waals surface area contributed by atoms with E-state index in [9.17, 15) is 9.59 Å². The number of rotatable bonds is 4. The Morgan fingerprint density at radius 3 is 2.57 bits per heavy atom. The van der Waals surface area contributed by atoms with Gasteiger partial charge >= 0.3 is 0 Å². The molecule has 0 aromatic heterocycles. The summed E-state index contributed by atoms with van der Waals surface area (Å²) >= 11 is 0. The van der Waals surface area contributed by atoms with Crippen molar-refractivity contribution in [2.24, 2.45) is 11.8 Å². The fourth-order valence-corrected chi connectivity index (χ4v) is 4.41. The number of likely N-dealkylation sites (tertiary alicyclic amines) is 1. The Hall–Kier alpha value is -1.10. The molecule has 2 aliphatic heterocycles. The van der Waals surface area contributed by atoms with Gasteiger partial charge in [0.2, 0.25) is 11.8 Å². The molecule has 130 valence electrons. The first-order valence-corrected chi connectivity index (χ1v) is 9.42. The molecule has 23 heavy (non-hydrogen) atoms. The zero-order chi connectivity index (χ0) is 16.2. The van der Waals surface area contributed by atoms with Gasteiger partial charge < -0.3 is 15.5 Å². The SMILES string of the molecule is C[C@@H]1CC(=O)N[C@H](C(=O)NC2CCN(CC3CCCC3)CC2)C1. The summed E-state index contributed by atoms with van der Waals surface area (Å²) in [7, 11) is 0. The van der Waals surface area contributed by atoms with Crippen molar-refractivity contribution < 1.29 is 9.59 Å². The van der Waals surface area contributed by atoms with E-state index in [2.05, 4.69) is 15.5 Å². The largest absolute Gasteiger partial charge is 0.351 e. The molecule has 2 amide bonds. The monoisotopic (exact) mass is 321 g/mol. The summed E-state index contributed by atoms with van der Waals surface area (Å²) in [6.07, 6.45) is 8.99. The summed E-state index contributed by atoms with van der Waals surface area (Å²) < 4.78 is 0. The Bertz CT molecular complexity index is 426. The molecule has 0 unspecified atom stereocenters. The van der Waals surface area contributed by atoms with Gasteiger partial charge in [-0.25, -0.2) is 0 Å². The van der Waals surface area contributed by atoms with E-state index in [1.54, 1.807) is 0 Å². The lowest BCUT2D eigenvalue weighted by atomic mass is 9.93. The number of nitrogens with one attached hydrogen (secondary N) is 2. The molecular weight excluding hydrogens is 290 g/mol. The van der Waals surface area contributed by atoms with E-state index in [4.69, 9.17) is 0 Å². The zero-order valence-electron chi connectivity index (χ0n) is 14.4. The van der Waals surface area contributed by atoms with E-state index >= 15 is 0 Å². The number of carbonyl (C=O) groups excluding carboxylic acids is 2. The Balaban J connectivity index is 1.39. The minimum atomic E-state index is -0.331. The number of carbonyl (C=O) groups is 2. The molecule has 2 atom stereocenters. The third-order valence-electron chi connectivity index (χ3n) is 5.75. The van der Waals surface area contributed by atoms with Crippen LogP contribution in [0.5, 0.6) is 0 Å². The highest BCUT2D eigenvalue weighted by Crippen LogP contribution is 2.26. The predicted octanol–water partition coefficient (Wildman–Crippen LogP) is 1.67. The standard InChI is InChI=1S/C18H31N3O2/c1-13-10-16(20-17(22)11-13)18(23)19-15-6-8-21(9-7-15)12-14-4-2-3-5-14/h13-16H,2-12H2,1H3,(H,19,23)(H,20,22)/t13-,16-/m0/s1. The number of piperidine rings is 2. The number of hydrogen-bond acceptors (Lipinski definition) is 3. The minimum absolute atomic E-state index is 0.00952. The van der Waals surface area contributed by atoms with Crippen molar-refractivity contribution in [3.05, 3.63) is 0 Å². The average molecular weight is 321 g/mol. The average Bonchev–Trinajstić information content (AvgIpc) is 3.01. The number of amides is 2. The maximum atomic E-state index is 12.4.